The highest BCUT2D eigenvalue weighted by atomic mass is 16.3. The van der Waals surface area contributed by atoms with Gasteiger partial charge in [0.15, 0.2) is 0 Å². The third-order valence-electron chi connectivity index (χ3n) is 1.38. The van der Waals surface area contributed by atoms with E-state index < -0.39 is 0 Å². The van der Waals surface area contributed by atoms with E-state index in [1.165, 1.54) is 0 Å². The highest BCUT2D eigenvalue weighted by Crippen LogP contribution is 1.88. The molecule has 0 radical (unpaired) electrons. The number of aliphatic hydroxyl groups is 2. The first-order valence-corrected chi connectivity index (χ1v) is 4.28. The molecule has 0 amide bonds. The molecule has 0 atom stereocenters. The van der Waals surface area contributed by atoms with Crippen molar-refractivity contribution in [2.75, 3.05) is 13.2 Å². The predicted molar refractivity (Wildman–Crippen MR) is 57.2 cm³/mol. The largest absolute Gasteiger partial charge is 0.392 e. The molecular formula is C12H14O2. The number of allylic oxidation sites excluding steroid dienone is 2. The molecule has 74 valence electrons. The van der Waals surface area contributed by atoms with E-state index >= 15 is 0 Å². The van der Waals surface area contributed by atoms with Crippen molar-refractivity contribution in [2.24, 2.45) is 0 Å². The smallest absolute Gasteiger partial charge is 0.0624 e. The summed E-state index contributed by atoms with van der Waals surface area (Å²) in [6.07, 6.45) is 3.23. The van der Waals surface area contributed by atoms with E-state index in [4.69, 9.17) is 10.2 Å². The number of hydrogen-bond acceptors (Lipinski definition) is 2. The molecule has 0 fully saturated rings. The molecule has 0 saturated carbocycles. The molecular weight excluding hydrogens is 176 g/mol. The summed E-state index contributed by atoms with van der Waals surface area (Å²) in [5.41, 5.74) is 1.59. The normalized spacial score (nSPS) is 11.1. The van der Waals surface area contributed by atoms with Gasteiger partial charge in [0.05, 0.1) is 13.2 Å². The molecule has 2 heteroatoms. The lowest BCUT2D eigenvalue weighted by molar-refractivity contribution is 0.342. The summed E-state index contributed by atoms with van der Waals surface area (Å²) in [4.78, 5) is 0. The first-order valence-electron chi connectivity index (χ1n) is 4.28. The molecule has 0 rings (SSSR count). The molecule has 0 aliphatic carbocycles. The maximum Gasteiger partial charge on any atom is 0.0624 e. The molecule has 0 aliphatic heterocycles. The topological polar surface area (TPSA) is 40.5 Å². The molecule has 2 N–H and O–H groups in total. The second-order valence-electron chi connectivity index (χ2n) is 2.64. The molecule has 0 heterocycles. The van der Waals surface area contributed by atoms with Crippen molar-refractivity contribution in [3.8, 4) is 23.7 Å². The predicted octanol–water partition coefficient (Wildman–Crippen LogP) is 0.870. The van der Waals surface area contributed by atoms with Gasteiger partial charge < -0.3 is 10.2 Å². The SMILES string of the molecule is CC(C#CC#CC(C)=CCO)=CCO. The van der Waals surface area contributed by atoms with E-state index in [0.29, 0.717) is 0 Å². The van der Waals surface area contributed by atoms with Gasteiger partial charge in [0, 0.05) is 0 Å². The van der Waals surface area contributed by atoms with Crippen LogP contribution in [0.1, 0.15) is 13.8 Å². The maximum atomic E-state index is 8.53. The van der Waals surface area contributed by atoms with Gasteiger partial charge in [-0.05, 0) is 49.0 Å². The molecule has 0 aromatic rings. The van der Waals surface area contributed by atoms with Gasteiger partial charge in [0.25, 0.3) is 0 Å². The van der Waals surface area contributed by atoms with Crippen molar-refractivity contribution >= 4 is 0 Å². The minimum absolute atomic E-state index is 0.00259. The summed E-state index contributed by atoms with van der Waals surface area (Å²) in [5, 5.41) is 17.1. The van der Waals surface area contributed by atoms with Crippen LogP contribution in [-0.2, 0) is 0 Å². The van der Waals surface area contributed by atoms with Gasteiger partial charge in [0.2, 0.25) is 0 Å². The summed E-state index contributed by atoms with van der Waals surface area (Å²) in [6, 6.07) is 0. The number of rotatable bonds is 2. The van der Waals surface area contributed by atoms with Crippen LogP contribution in [0.4, 0.5) is 0 Å². The molecule has 0 spiro atoms. The van der Waals surface area contributed by atoms with Crippen LogP contribution in [0.2, 0.25) is 0 Å². The van der Waals surface area contributed by atoms with Crippen molar-refractivity contribution in [3.05, 3.63) is 23.3 Å². The van der Waals surface area contributed by atoms with Gasteiger partial charge in [-0.2, -0.15) is 0 Å². The molecule has 0 aromatic heterocycles. The standard InChI is InChI=1S/C12H14O2/c1-11(7-9-13)5-3-4-6-12(2)8-10-14/h7-8,13-14H,9-10H2,1-2H3. The zero-order valence-corrected chi connectivity index (χ0v) is 8.46. The van der Waals surface area contributed by atoms with Gasteiger partial charge in [-0.3, -0.25) is 0 Å². The summed E-state index contributed by atoms with van der Waals surface area (Å²) >= 11 is 0. The Hall–Kier alpha value is -1.48. The summed E-state index contributed by atoms with van der Waals surface area (Å²) in [6.45, 7) is 3.61. The molecule has 14 heavy (non-hydrogen) atoms. The first kappa shape index (κ1) is 12.5. The van der Waals surface area contributed by atoms with Crippen molar-refractivity contribution in [1.82, 2.24) is 0 Å². The zero-order chi connectivity index (χ0) is 10.8. The molecule has 0 unspecified atom stereocenters. The quantitative estimate of drug-likeness (QED) is 0.634. The van der Waals surface area contributed by atoms with Crippen LogP contribution in [0.3, 0.4) is 0 Å². The maximum absolute atomic E-state index is 8.53. The Morgan fingerprint density at radius 3 is 1.57 bits per heavy atom. The summed E-state index contributed by atoms with van der Waals surface area (Å²) < 4.78 is 0. The monoisotopic (exact) mass is 190 g/mol. The molecule has 0 bridgehead atoms. The fourth-order valence-electron chi connectivity index (χ4n) is 0.636. The Balaban J connectivity index is 4.28. The van der Waals surface area contributed by atoms with Gasteiger partial charge in [-0.25, -0.2) is 0 Å². The third-order valence-corrected chi connectivity index (χ3v) is 1.38. The van der Waals surface area contributed by atoms with E-state index in [0.717, 1.165) is 11.1 Å². The van der Waals surface area contributed by atoms with Crippen molar-refractivity contribution in [3.63, 3.8) is 0 Å². The van der Waals surface area contributed by atoms with Crippen LogP contribution in [0.5, 0.6) is 0 Å². The molecule has 0 aliphatic rings. The van der Waals surface area contributed by atoms with E-state index in [-0.39, 0.29) is 13.2 Å². The van der Waals surface area contributed by atoms with E-state index in [2.05, 4.69) is 23.7 Å². The van der Waals surface area contributed by atoms with Gasteiger partial charge in [0.1, 0.15) is 0 Å². The fourth-order valence-corrected chi connectivity index (χ4v) is 0.636. The van der Waals surface area contributed by atoms with Crippen LogP contribution in [-0.4, -0.2) is 23.4 Å². The summed E-state index contributed by atoms with van der Waals surface area (Å²) in [5.74, 6) is 10.8. The first-order chi connectivity index (χ1) is 6.70. The average Bonchev–Trinajstić information content (AvgIpc) is 2.13. The minimum atomic E-state index is -0.00259. The van der Waals surface area contributed by atoms with Crippen molar-refractivity contribution in [2.45, 2.75) is 13.8 Å². The van der Waals surface area contributed by atoms with E-state index in [9.17, 15) is 0 Å². The van der Waals surface area contributed by atoms with Crippen molar-refractivity contribution < 1.29 is 10.2 Å². The highest BCUT2D eigenvalue weighted by Gasteiger charge is 1.78. The number of aliphatic hydroxyl groups excluding tert-OH is 2. The van der Waals surface area contributed by atoms with Crippen LogP contribution < -0.4 is 0 Å². The second kappa shape index (κ2) is 8.13. The molecule has 0 saturated heterocycles. The fraction of sp³-hybridized carbons (Fsp3) is 0.333. The Morgan fingerprint density at radius 2 is 1.29 bits per heavy atom. The number of hydrogen-bond donors (Lipinski definition) is 2. The van der Waals surface area contributed by atoms with Crippen molar-refractivity contribution in [1.29, 1.82) is 0 Å². The van der Waals surface area contributed by atoms with Crippen LogP contribution in [0, 0.1) is 23.7 Å². The average molecular weight is 190 g/mol. The van der Waals surface area contributed by atoms with Crippen LogP contribution >= 0.6 is 0 Å². The van der Waals surface area contributed by atoms with Crippen LogP contribution in [0.25, 0.3) is 0 Å². The Labute approximate surface area is 85.0 Å². The molecule has 0 aromatic carbocycles. The summed E-state index contributed by atoms with van der Waals surface area (Å²) in [7, 11) is 0. The van der Waals surface area contributed by atoms with Gasteiger partial charge in [-0.15, -0.1) is 0 Å². The van der Waals surface area contributed by atoms with Gasteiger partial charge >= 0.3 is 0 Å². The zero-order valence-electron chi connectivity index (χ0n) is 8.46. The Kier molecular flexibility index (Phi) is 7.27. The Bertz CT molecular complexity index is 304. The minimum Gasteiger partial charge on any atom is -0.392 e. The van der Waals surface area contributed by atoms with E-state index in [1.807, 2.05) is 0 Å². The Morgan fingerprint density at radius 1 is 0.929 bits per heavy atom. The van der Waals surface area contributed by atoms with Gasteiger partial charge in [-0.1, -0.05) is 11.8 Å². The lowest BCUT2D eigenvalue weighted by Gasteiger charge is -1.83. The lowest BCUT2D eigenvalue weighted by atomic mass is 10.2. The molecule has 2 nitrogen and oxygen atoms in total. The third kappa shape index (κ3) is 7.18. The van der Waals surface area contributed by atoms with E-state index in [1.54, 1.807) is 26.0 Å². The second-order valence-corrected chi connectivity index (χ2v) is 2.64. The van der Waals surface area contributed by atoms with Crippen LogP contribution in [0.15, 0.2) is 23.3 Å². The lowest BCUT2D eigenvalue weighted by Crippen LogP contribution is -1.76. The highest BCUT2D eigenvalue weighted by molar-refractivity contribution is 5.40.